The number of aliphatic carboxylic acids is 1. The molecule has 0 amide bonds. The van der Waals surface area contributed by atoms with Gasteiger partial charge in [-0.25, -0.2) is 4.98 Å². The van der Waals surface area contributed by atoms with Crippen molar-refractivity contribution in [2.24, 2.45) is 17.8 Å². The third-order valence-electron chi connectivity index (χ3n) is 5.11. The molecule has 0 spiro atoms. The smallest absolute Gasteiger partial charge is 0.308 e. The van der Waals surface area contributed by atoms with Crippen molar-refractivity contribution in [1.82, 2.24) is 4.98 Å². The summed E-state index contributed by atoms with van der Waals surface area (Å²) in [5.41, 5.74) is 0.942. The van der Waals surface area contributed by atoms with Gasteiger partial charge in [-0.1, -0.05) is 18.2 Å². The number of aromatic nitrogens is 1. The van der Waals surface area contributed by atoms with Crippen LogP contribution >= 0.6 is 0 Å². The van der Waals surface area contributed by atoms with Gasteiger partial charge in [0, 0.05) is 11.4 Å². The van der Waals surface area contributed by atoms with Crippen LogP contribution in [0.3, 0.4) is 0 Å². The highest BCUT2D eigenvalue weighted by Gasteiger charge is 2.51. The lowest BCUT2D eigenvalue weighted by molar-refractivity contribution is -0.143. The molecule has 2 N–H and O–H groups in total. The predicted octanol–water partition coefficient (Wildman–Crippen LogP) is 3.15. The minimum Gasteiger partial charge on any atom is -0.481 e. The van der Waals surface area contributed by atoms with Crippen molar-refractivity contribution in [2.75, 3.05) is 5.32 Å². The Morgan fingerprint density at radius 1 is 1.14 bits per heavy atom. The van der Waals surface area contributed by atoms with Crippen LogP contribution in [0.1, 0.15) is 19.3 Å². The van der Waals surface area contributed by atoms with Crippen LogP contribution in [0.2, 0.25) is 0 Å². The Balaban J connectivity index is 1.63. The molecule has 4 atom stereocenters. The summed E-state index contributed by atoms with van der Waals surface area (Å²) in [7, 11) is 0. The van der Waals surface area contributed by atoms with E-state index in [1.165, 1.54) is 0 Å². The summed E-state index contributed by atoms with van der Waals surface area (Å²) in [6.07, 6.45) is 3.24. The van der Waals surface area contributed by atoms with Crippen LogP contribution in [0, 0.1) is 17.8 Å². The number of rotatable bonds is 3. The Morgan fingerprint density at radius 3 is 2.81 bits per heavy atom. The number of carboxylic acid groups (broad SMARTS) is 1. The standard InChI is InChI=1S/C17H18N2O2/c20-17(21)15-11-5-6-12(9-11)16(15)19-14-8-7-10-3-1-2-4-13(10)18-14/h1-4,7-8,11-12,15-16H,5-6,9H2,(H,18,19)(H,20,21). The van der Waals surface area contributed by atoms with E-state index in [1.54, 1.807) is 0 Å². The lowest BCUT2D eigenvalue weighted by Gasteiger charge is -2.29. The van der Waals surface area contributed by atoms with Gasteiger partial charge >= 0.3 is 5.97 Å². The Bertz CT molecular complexity index is 700. The zero-order chi connectivity index (χ0) is 14.4. The van der Waals surface area contributed by atoms with Crippen LogP contribution in [0.4, 0.5) is 5.82 Å². The molecule has 108 valence electrons. The van der Waals surface area contributed by atoms with E-state index in [-0.39, 0.29) is 12.0 Å². The number of fused-ring (bicyclic) bond motifs is 3. The van der Waals surface area contributed by atoms with Crippen LogP contribution in [-0.4, -0.2) is 22.1 Å². The molecule has 4 unspecified atom stereocenters. The number of pyridine rings is 1. The molecule has 4 rings (SSSR count). The number of hydrogen-bond acceptors (Lipinski definition) is 3. The molecule has 0 saturated heterocycles. The maximum atomic E-state index is 11.5. The van der Waals surface area contributed by atoms with Crippen molar-refractivity contribution in [3.8, 4) is 0 Å². The molecule has 2 aromatic rings. The number of hydrogen-bond donors (Lipinski definition) is 2. The summed E-state index contributed by atoms with van der Waals surface area (Å²) in [6, 6.07) is 12.0. The van der Waals surface area contributed by atoms with Gasteiger partial charge in [0.25, 0.3) is 0 Å². The Kier molecular flexibility index (Phi) is 2.84. The van der Waals surface area contributed by atoms with Crippen LogP contribution in [0.5, 0.6) is 0 Å². The van der Waals surface area contributed by atoms with E-state index in [2.05, 4.69) is 10.3 Å². The van der Waals surface area contributed by atoms with E-state index in [9.17, 15) is 9.90 Å². The predicted molar refractivity (Wildman–Crippen MR) is 81.1 cm³/mol. The van der Waals surface area contributed by atoms with Gasteiger partial charge in [-0.2, -0.15) is 0 Å². The van der Waals surface area contributed by atoms with Crippen LogP contribution < -0.4 is 5.32 Å². The Morgan fingerprint density at radius 2 is 1.95 bits per heavy atom. The normalized spacial score (nSPS) is 30.7. The Hall–Kier alpha value is -2.10. The number of nitrogens with zero attached hydrogens (tertiary/aromatic N) is 1. The van der Waals surface area contributed by atoms with Crippen LogP contribution in [-0.2, 0) is 4.79 Å². The molecule has 4 heteroatoms. The van der Waals surface area contributed by atoms with Gasteiger partial charge in [0.05, 0.1) is 11.4 Å². The second-order valence-corrected chi connectivity index (χ2v) is 6.26. The highest BCUT2D eigenvalue weighted by molar-refractivity contribution is 5.80. The average molecular weight is 282 g/mol. The fourth-order valence-electron chi connectivity index (χ4n) is 4.17. The number of carbonyl (C=O) groups is 1. The van der Waals surface area contributed by atoms with Gasteiger partial charge in [0.15, 0.2) is 0 Å². The lowest BCUT2D eigenvalue weighted by Crippen LogP contribution is -2.39. The van der Waals surface area contributed by atoms with Crippen molar-refractivity contribution < 1.29 is 9.90 Å². The third-order valence-corrected chi connectivity index (χ3v) is 5.11. The molecule has 1 heterocycles. The van der Waals surface area contributed by atoms with Crippen molar-refractivity contribution >= 4 is 22.7 Å². The molecular formula is C17H18N2O2. The van der Waals surface area contributed by atoms with Gasteiger partial charge in [-0.05, 0) is 49.3 Å². The molecule has 21 heavy (non-hydrogen) atoms. The summed E-state index contributed by atoms with van der Waals surface area (Å²) < 4.78 is 0. The van der Waals surface area contributed by atoms with Crippen LogP contribution in [0.15, 0.2) is 36.4 Å². The van der Waals surface area contributed by atoms with E-state index in [4.69, 9.17) is 0 Å². The van der Waals surface area contributed by atoms with Crippen molar-refractivity contribution in [3.05, 3.63) is 36.4 Å². The lowest BCUT2D eigenvalue weighted by atomic mass is 9.84. The molecule has 2 bridgehead atoms. The first kappa shape index (κ1) is 12.6. The SMILES string of the molecule is O=C(O)C1C2CCC(C2)C1Nc1ccc2ccccc2n1. The second-order valence-electron chi connectivity index (χ2n) is 6.26. The average Bonchev–Trinajstić information content (AvgIpc) is 3.08. The largest absolute Gasteiger partial charge is 0.481 e. The van der Waals surface area contributed by atoms with Gasteiger partial charge in [0.1, 0.15) is 5.82 Å². The summed E-state index contributed by atoms with van der Waals surface area (Å²) >= 11 is 0. The highest BCUT2D eigenvalue weighted by Crippen LogP contribution is 2.49. The maximum Gasteiger partial charge on any atom is 0.308 e. The topological polar surface area (TPSA) is 62.2 Å². The van der Waals surface area contributed by atoms with Crippen LogP contribution in [0.25, 0.3) is 10.9 Å². The number of carboxylic acids is 1. The van der Waals surface area contributed by atoms with Crippen molar-refractivity contribution in [2.45, 2.75) is 25.3 Å². The first-order chi connectivity index (χ1) is 10.2. The minimum atomic E-state index is -0.666. The summed E-state index contributed by atoms with van der Waals surface area (Å²) in [6.45, 7) is 0. The summed E-state index contributed by atoms with van der Waals surface area (Å²) in [5.74, 6) is 0.671. The first-order valence-electron chi connectivity index (χ1n) is 7.57. The van der Waals surface area contributed by atoms with E-state index in [0.29, 0.717) is 11.8 Å². The molecule has 1 aromatic carbocycles. The van der Waals surface area contributed by atoms with Gasteiger partial charge in [-0.3, -0.25) is 4.79 Å². The number of benzene rings is 1. The fraction of sp³-hybridized carbons (Fsp3) is 0.412. The maximum absolute atomic E-state index is 11.5. The van der Waals surface area contributed by atoms with E-state index in [1.807, 2.05) is 36.4 Å². The molecule has 2 fully saturated rings. The van der Waals surface area contributed by atoms with E-state index >= 15 is 0 Å². The summed E-state index contributed by atoms with van der Waals surface area (Å²) in [5, 5.41) is 14.0. The van der Waals surface area contributed by atoms with E-state index in [0.717, 1.165) is 36.0 Å². The quantitative estimate of drug-likeness (QED) is 0.907. The number of nitrogens with one attached hydrogen (secondary N) is 1. The molecule has 0 radical (unpaired) electrons. The fourth-order valence-corrected chi connectivity index (χ4v) is 4.17. The second kappa shape index (κ2) is 4.72. The highest BCUT2D eigenvalue weighted by atomic mass is 16.4. The monoisotopic (exact) mass is 282 g/mol. The first-order valence-corrected chi connectivity index (χ1v) is 7.57. The van der Waals surface area contributed by atoms with E-state index < -0.39 is 5.97 Å². The molecule has 1 aromatic heterocycles. The zero-order valence-corrected chi connectivity index (χ0v) is 11.7. The third kappa shape index (κ3) is 2.06. The molecule has 2 aliphatic rings. The zero-order valence-electron chi connectivity index (χ0n) is 11.7. The van der Waals surface area contributed by atoms with Crippen molar-refractivity contribution in [1.29, 1.82) is 0 Å². The molecule has 4 nitrogen and oxygen atoms in total. The molecular weight excluding hydrogens is 264 g/mol. The van der Waals surface area contributed by atoms with Gasteiger partial charge < -0.3 is 10.4 Å². The van der Waals surface area contributed by atoms with Crippen molar-refractivity contribution in [3.63, 3.8) is 0 Å². The molecule has 0 aliphatic heterocycles. The Labute approximate surface area is 123 Å². The number of para-hydroxylation sites is 1. The summed E-state index contributed by atoms with van der Waals surface area (Å²) in [4.78, 5) is 16.2. The number of anilines is 1. The van der Waals surface area contributed by atoms with Gasteiger partial charge in [-0.15, -0.1) is 0 Å². The molecule has 2 aliphatic carbocycles. The van der Waals surface area contributed by atoms with Gasteiger partial charge in [0.2, 0.25) is 0 Å². The molecule has 2 saturated carbocycles. The minimum absolute atomic E-state index is 0.0231.